The highest BCUT2D eigenvalue weighted by Crippen LogP contribution is 2.20. The number of piperidine rings is 1. The van der Waals surface area contributed by atoms with Crippen LogP contribution in [0.1, 0.15) is 19.3 Å². The molecule has 0 bridgehead atoms. The van der Waals surface area contributed by atoms with Gasteiger partial charge in [0.05, 0.1) is 12.2 Å². The maximum atomic E-state index is 13.8. The minimum Gasteiger partial charge on any atom is -0.366 e. The molecule has 2 saturated heterocycles. The summed E-state index contributed by atoms with van der Waals surface area (Å²) >= 11 is 0. The lowest BCUT2D eigenvalue weighted by Crippen LogP contribution is -2.51. The van der Waals surface area contributed by atoms with E-state index in [-0.39, 0.29) is 11.7 Å². The van der Waals surface area contributed by atoms with E-state index >= 15 is 0 Å². The van der Waals surface area contributed by atoms with Crippen LogP contribution in [0.15, 0.2) is 24.3 Å². The van der Waals surface area contributed by atoms with Crippen LogP contribution in [0.3, 0.4) is 0 Å². The topological polar surface area (TPSA) is 26.8 Å². The Morgan fingerprint density at radius 1 is 0.955 bits per heavy atom. The largest absolute Gasteiger partial charge is 0.366 e. The fraction of sp³-hybridized carbons (Fsp3) is 0.588. The maximum absolute atomic E-state index is 13.8. The average molecular weight is 305 g/mol. The zero-order chi connectivity index (χ0) is 15.4. The highest BCUT2D eigenvalue weighted by atomic mass is 19.1. The van der Waals surface area contributed by atoms with Gasteiger partial charge in [0.15, 0.2) is 0 Å². The zero-order valence-corrected chi connectivity index (χ0v) is 13.0. The SMILES string of the molecule is O=C(CN1CCCCC1)N1CCN(c2ccccc2F)CC1. The highest BCUT2D eigenvalue weighted by Gasteiger charge is 2.24. The van der Waals surface area contributed by atoms with Crippen molar-refractivity contribution in [1.82, 2.24) is 9.80 Å². The number of amides is 1. The second-order valence-electron chi connectivity index (χ2n) is 6.16. The van der Waals surface area contributed by atoms with Crippen molar-refractivity contribution in [3.05, 3.63) is 30.1 Å². The molecule has 0 spiro atoms. The van der Waals surface area contributed by atoms with Gasteiger partial charge in [-0.2, -0.15) is 0 Å². The summed E-state index contributed by atoms with van der Waals surface area (Å²) in [6.45, 7) is 5.39. The molecule has 1 aromatic rings. The molecular formula is C17H24FN3O. The first-order valence-electron chi connectivity index (χ1n) is 8.23. The number of carbonyl (C=O) groups excluding carboxylic acids is 1. The summed E-state index contributed by atoms with van der Waals surface area (Å²) in [7, 11) is 0. The van der Waals surface area contributed by atoms with Crippen LogP contribution >= 0.6 is 0 Å². The third-order valence-electron chi connectivity index (χ3n) is 4.63. The minimum atomic E-state index is -0.185. The second kappa shape index (κ2) is 7.09. The Bertz CT molecular complexity index is 508. The number of carbonyl (C=O) groups is 1. The molecule has 0 aromatic heterocycles. The number of rotatable bonds is 3. The molecular weight excluding hydrogens is 281 g/mol. The number of hydrogen-bond acceptors (Lipinski definition) is 3. The van der Waals surface area contributed by atoms with Crippen molar-refractivity contribution in [2.24, 2.45) is 0 Å². The molecule has 5 heteroatoms. The van der Waals surface area contributed by atoms with Crippen molar-refractivity contribution in [3.63, 3.8) is 0 Å². The van der Waals surface area contributed by atoms with Crippen molar-refractivity contribution in [3.8, 4) is 0 Å². The number of nitrogens with zero attached hydrogens (tertiary/aromatic N) is 3. The Balaban J connectivity index is 1.51. The van der Waals surface area contributed by atoms with E-state index in [4.69, 9.17) is 0 Å². The van der Waals surface area contributed by atoms with Gasteiger partial charge in [0, 0.05) is 26.2 Å². The van der Waals surface area contributed by atoms with E-state index in [1.54, 1.807) is 12.1 Å². The number of likely N-dealkylation sites (tertiary alicyclic amines) is 1. The van der Waals surface area contributed by atoms with Crippen molar-refractivity contribution in [1.29, 1.82) is 0 Å². The molecule has 22 heavy (non-hydrogen) atoms. The first-order valence-corrected chi connectivity index (χ1v) is 8.23. The summed E-state index contributed by atoms with van der Waals surface area (Å²) in [5.41, 5.74) is 0.644. The van der Waals surface area contributed by atoms with Gasteiger partial charge in [-0.25, -0.2) is 4.39 Å². The number of piperazine rings is 1. The summed E-state index contributed by atoms with van der Waals surface area (Å²) < 4.78 is 13.8. The summed E-state index contributed by atoms with van der Waals surface area (Å²) in [6.07, 6.45) is 3.69. The predicted octanol–water partition coefficient (Wildman–Crippen LogP) is 1.96. The third-order valence-corrected chi connectivity index (χ3v) is 4.63. The Hall–Kier alpha value is -1.62. The highest BCUT2D eigenvalue weighted by molar-refractivity contribution is 5.78. The molecule has 0 unspecified atom stereocenters. The Morgan fingerprint density at radius 3 is 2.32 bits per heavy atom. The summed E-state index contributed by atoms with van der Waals surface area (Å²) in [6, 6.07) is 6.85. The summed E-state index contributed by atoms with van der Waals surface area (Å²) in [4.78, 5) is 18.6. The fourth-order valence-electron chi connectivity index (χ4n) is 3.31. The monoisotopic (exact) mass is 305 g/mol. The first kappa shape index (κ1) is 15.3. The second-order valence-corrected chi connectivity index (χ2v) is 6.16. The molecule has 2 aliphatic rings. The van der Waals surface area contributed by atoms with Crippen LogP contribution in [0.25, 0.3) is 0 Å². The van der Waals surface area contributed by atoms with Crippen LogP contribution < -0.4 is 4.90 Å². The van der Waals surface area contributed by atoms with E-state index in [9.17, 15) is 9.18 Å². The van der Waals surface area contributed by atoms with E-state index < -0.39 is 0 Å². The summed E-state index contributed by atoms with van der Waals surface area (Å²) in [5.74, 6) is 0.0330. The van der Waals surface area contributed by atoms with Crippen molar-refractivity contribution in [2.75, 3.05) is 50.7 Å². The Labute approximate surface area is 131 Å². The lowest BCUT2D eigenvalue weighted by Gasteiger charge is -2.37. The number of hydrogen-bond donors (Lipinski definition) is 0. The molecule has 2 heterocycles. The van der Waals surface area contributed by atoms with Gasteiger partial charge < -0.3 is 9.80 Å². The number of benzene rings is 1. The molecule has 1 aromatic carbocycles. The predicted molar refractivity (Wildman–Crippen MR) is 85.5 cm³/mol. The van der Waals surface area contributed by atoms with Gasteiger partial charge in [0.25, 0.3) is 0 Å². The van der Waals surface area contributed by atoms with Gasteiger partial charge in [0.1, 0.15) is 5.82 Å². The average Bonchev–Trinajstić information content (AvgIpc) is 2.56. The number of para-hydroxylation sites is 1. The Kier molecular flexibility index (Phi) is 4.93. The van der Waals surface area contributed by atoms with Crippen molar-refractivity contribution in [2.45, 2.75) is 19.3 Å². The van der Waals surface area contributed by atoms with Gasteiger partial charge in [-0.15, -0.1) is 0 Å². The molecule has 4 nitrogen and oxygen atoms in total. The minimum absolute atomic E-state index is 0.185. The zero-order valence-electron chi connectivity index (χ0n) is 13.0. The van der Waals surface area contributed by atoms with Crippen molar-refractivity contribution < 1.29 is 9.18 Å². The van der Waals surface area contributed by atoms with E-state index in [1.807, 2.05) is 15.9 Å². The lowest BCUT2D eigenvalue weighted by molar-refractivity contribution is -0.132. The molecule has 0 aliphatic carbocycles. The van der Waals surface area contributed by atoms with Gasteiger partial charge >= 0.3 is 0 Å². The quantitative estimate of drug-likeness (QED) is 0.854. The molecule has 0 saturated carbocycles. The standard InChI is InChI=1S/C17H24FN3O/c18-15-6-2-3-7-16(15)20-10-12-21(13-11-20)17(22)14-19-8-4-1-5-9-19/h2-3,6-7H,1,4-5,8-14H2. The van der Waals surface area contributed by atoms with Gasteiger partial charge in [-0.3, -0.25) is 9.69 Å². The van der Waals surface area contributed by atoms with E-state index in [0.717, 1.165) is 13.1 Å². The molecule has 0 N–H and O–H groups in total. The third kappa shape index (κ3) is 3.58. The Morgan fingerprint density at radius 2 is 1.64 bits per heavy atom. The van der Waals surface area contributed by atoms with Crippen molar-refractivity contribution >= 4 is 11.6 Å². The normalized spacial score (nSPS) is 20.2. The molecule has 0 radical (unpaired) electrons. The molecule has 0 atom stereocenters. The van der Waals surface area contributed by atoms with Gasteiger partial charge in [-0.05, 0) is 38.1 Å². The van der Waals surface area contributed by atoms with E-state index in [0.29, 0.717) is 38.4 Å². The van der Waals surface area contributed by atoms with Crippen LogP contribution in [-0.2, 0) is 4.79 Å². The van der Waals surface area contributed by atoms with Crippen LogP contribution in [0.2, 0.25) is 0 Å². The molecule has 3 rings (SSSR count). The first-order chi connectivity index (χ1) is 10.7. The van der Waals surface area contributed by atoms with Crippen LogP contribution in [0.4, 0.5) is 10.1 Å². The molecule has 2 aliphatic heterocycles. The maximum Gasteiger partial charge on any atom is 0.236 e. The number of halogens is 1. The van der Waals surface area contributed by atoms with Crippen LogP contribution in [-0.4, -0.2) is 61.5 Å². The number of anilines is 1. The van der Waals surface area contributed by atoms with Crippen LogP contribution in [0, 0.1) is 5.82 Å². The smallest absolute Gasteiger partial charge is 0.236 e. The fourth-order valence-corrected chi connectivity index (χ4v) is 3.31. The van der Waals surface area contributed by atoms with Gasteiger partial charge in [-0.1, -0.05) is 18.6 Å². The van der Waals surface area contributed by atoms with E-state index in [1.165, 1.54) is 25.3 Å². The lowest BCUT2D eigenvalue weighted by atomic mass is 10.1. The molecule has 2 fully saturated rings. The van der Waals surface area contributed by atoms with Crippen LogP contribution in [0.5, 0.6) is 0 Å². The molecule has 1 amide bonds. The molecule has 120 valence electrons. The van der Waals surface area contributed by atoms with Gasteiger partial charge in [0.2, 0.25) is 5.91 Å². The summed E-state index contributed by atoms with van der Waals surface area (Å²) in [5, 5.41) is 0. The van der Waals surface area contributed by atoms with E-state index in [2.05, 4.69) is 4.90 Å².